The molecule has 0 radical (unpaired) electrons. The largest absolute Gasteiger partial charge is 0.472 e. The average molecular weight is 1580 g/mol. The molecule has 17 nitrogen and oxygen atoms in total. The van der Waals surface area contributed by atoms with Gasteiger partial charge in [-0.2, -0.15) is 0 Å². The van der Waals surface area contributed by atoms with Crippen LogP contribution in [0.4, 0.5) is 0 Å². The summed E-state index contributed by atoms with van der Waals surface area (Å²) >= 11 is 0. The highest BCUT2D eigenvalue weighted by Crippen LogP contribution is 2.45. The summed E-state index contributed by atoms with van der Waals surface area (Å²) in [5.41, 5.74) is 0. The Labute approximate surface area is 668 Å². The lowest BCUT2D eigenvalue weighted by Crippen LogP contribution is -2.30. The summed E-state index contributed by atoms with van der Waals surface area (Å²) in [7, 11) is -9.99. The number of carbonyl (C=O) groups excluding carboxylic acids is 4. The van der Waals surface area contributed by atoms with Crippen LogP contribution in [0.1, 0.15) is 349 Å². The molecular weight excluding hydrogens is 1430 g/mol. The van der Waals surface area contributed by atoms with Crippen molar-refractivity contribution in [1.82, 2.24) is 0 Å². The Kier molecular flexibility index (Phi) is 78.2. The molecule has 0 aliphatic rings. The van der Waals surface area contributed by atoms with Crippen molar-refractivity contribution in [3.05, 3.63) is 146 Å². The maximum absolute atomic E-state index is 13.1. The van der Waals surface area contributed by atoms with Crippen LogP contribution in [-0.4, -0.2) is 96.7 Å². The van der Waals surface area contributed by atoms with Crippen molar-refractivity contribution >= 4 is 39.5 Å². The molecule has 110 heavy (non-hydrogen) atoms. The van der Waals surface area contributed by atoms with Crippen molar-refractivity contribution in [2.24, 2.45) is 0 Å². The van der Waals surface area contributed by atoms with E-state index in [-0.39, 0.29) is 25.7 Å². The van der Waals surface area contributed by atoms with Crippen LogP contribution in [0.15, 0.2) is 146 Å². The van der Waals surface area contributed by atoms with Crippen LogP contribution in [-0.2, 0) is 65.4 Å². The van der Waals surface area contributed by atoms with E-state index < -0.39 is 97.5 Å². The van der Waals surface area contributed by atoms with Gasteiger partial charge < -0.3 is 33.8 Å². The quantitative estimate of drug-likeness (QED) is 0.0169. The number of rotatable bonds is 80. The number of allylic oxidation sites excluding steroid dienone is 24. The Bertz CT molecular complexity index is 2650. The second-order valence-corrected chi connectivity index (χ2v) is 31.3. The van der Waals surface area contributed by atoms with Gasteiger partial charge in [-0.1, -0.05) is 302 Å². The summed E-state index contributed by atoms with van der Waals surface area (Å²) < 4.78 is 68.8. The second-order valence-electron chi connectivity index (χ2n) is 28.4. The standard InChI is InChI=1S/C91H154O17P2/c1-5-9-13-17-21-25-29-33-37-40-42-45-48-51-55-59-63-67-71-75-88(93)101-81-86(107-90(95)77-73-69-65-61-57-53-47-36-32-28-24-20-16-12-8-4)83-105-109(97,98)103-79-85(92)80-104-110(99,100)106-84-87(108-91(96)78-74-70-66-62-58-54-50-44-39-35-31-27-23-19-15-11-7-3)82-102-89(94)76-72-68-64-60-56-52-49-46-43-41-38-34-30-26-22-18-14-10-6-2/h9,11,13,15,21-23,25-27,33-39,42-43,45-47,50,54,85-87,92H,5-8,10,12,14,16-20,24,28-32,40-41,44,48-49,51-53,55-84H2,1-4H3,(H,97,98)(H,99,100)/b13-9-,15-11-,25-21-,26-22-,27-23-,37-33-,38-34-,39-35-,45-42-,46-43-,47-36-,54-50-. The SMILES string of the molecule is CC/C=C\C/C=C\C/C=C\C/C=C\CCCCCCCCC(=O)OCC(COP(=O)(O)OCC(O)COP(=O)(O)OCC(COC(=O)CCCCCCCC/C=C\C/C=C\C/C=C\CCCCC)OC(=O)CCCCCC/C=C\C/C=C\C/C=C\C/C=C\CC)OC(=O)CCCCCCC/C=C\CCCCCCCC. The molecule has 0 saturated heterocycles. The molecule has 0 amide bonds. The van der Waals surface area contributed by atoms with Gasteiger partial charge in [-0.25, -0.2) is 9.13 Å². The van der Waals surface area contributed by atoms with Crippen molar-refractivity contribution in [1.29, 1.82) is 0 Å². The third kappa shape index (κ3) is 81.0. The third-order valence-corrected chi connectivity index (χ3v) is 19.7. The summed E-state index contributed by atoms with van der Waals surface area (Å²) in [6.07, 6.45) is 95.1. The Morgan fingerprint density at radius 2 is 0.473 bits per heavy atom. The molecule has 3 N–H and O–H groups in total. The molecule has 19 heteroatoms. The van der Waals surface area contributed by atoms with Crippen molar-refractivity contribution in [2.45, 2.75) is 367 Å². The van der Waals surface area contributed by atoms with Gasteiger partial charge in [0.25, 0.3) is 0 Å². The number of aliphatic hydroxyl groups excluding tert-OH is 1. The number of esters is 4. The maximum Gasteiger partial charge on any atom is 0.472 e. The fourth-order valence-electron chi connectivity index (χ4n) is 11.3. The highest BCUT2D eigenvalue weighted by molar-refractivity contribution is 7.47. The summed E-state index contributed by atoms with van der Waals surface area (Å²) in [6.45, 7) is 4.59. The molecule has 0 aromatic heterocycles. The summed E-state index contributed by atoms with van der Waals surface area (Å²) in [5, 5.41) is 10.7. The molecule has 0 aromatic carbocycles. The van der Waals surface area contributed by atoms with Gasteiger partial charge in [0.05, 0.1) is 26.4 Å². The Hall–Kier alpha value is -5.06. The zero-order valence-electron chi connectivity index (χ0n) is 69.1. The number of carbonyl (C=O) groups is 4. The number of hydrogen-bond acceptors (Lipinski definition) is 15. The van der Waals surface area contributed by atoms with Crippen molar-refractivity contribution in [2.75, 3.05) is 39.6 Å². The summed E-state index contributed by atoms with van der Waals surface area (Å²) in [4.78, 5) is 73.3. The predicted octanol–water partition coefficient (Wildman–Crippen LogP) is 25.8. The summed E-state index contributed by atoms with van der Waals surface area (Å²) in [6, 6.07) is 0. The molecule has 0 aliphatic heterocycles. The number of phosphoric ester groups is 2. The Morgan fingerprint density at radius 3 is 0.755 bits per heavy atom. The van der Waals surface area contributed by atoms with Gasteiger partial charge in [-0.05, 0) is 167 Å². The number of ether oxygens (including phenoxy) is 4. The van der Waals surface area contributed by atoms with E-state index >= 15 is 0 Å². The number of hydrogen-bond donors (Lipinski definition) is 3. The van der Waals surface area contributed by atoms with Crippen LogP contribution < -0.4 is 0 Å². The van der Waals surface area contributed by atoms with Gasteiger partial charge in [-0.3, -0.25) is 37.3 Å². The van der Waals surface area contributed by atoms with Crippen molar-refractivity contribution in [3.8, 4) is 0 Å². The molecule has 0 aliphatic carbocycles. The Morgan fingerprint density at radius 1 is 0.264 bits per heavy atom. The van der Waals surface area contributed by atoms with Crippen molar-refractivity contribution < 1.29 is 80.2 Å². The summed E-state index contributed by atoms with van der Waals surface area (Å²) in [5.74, 6) is -2.23. The number of unbranched alkanes of at least 4 members (excludes halogenated alkanes) is 30. The minimum absolute atomic E-state index is 0.0601. The molecule has 0 heterocycles. The van der Waals surface area contributed by atoms with Gasteiger partial charge in [0.2, 0.25) is 0 Å². The average Bonchev–Trinajstić information content (AvgIpc) is 0.899. The molecule has 0 bridgehead atoms. The van der Waals surface area contributed by atoms with Crippen LogP contribution in [0, 0.1) is 0 Å². The predicted molar refractivity (Wildman–Crippen MR) is 454 cm³/mol. The molecule has 0 rings (SSSR count). The molecular formula is C91H154O17P2. The molecule has 5 unspecified atom stereocenters. The Balaban J connectivity index is 5.43. The molecule has 0 aromatic rings. The van der Waals surface area contributed by atoms with Crippen LogP contribution in [0.25, 0.3) is 0 Å². The lowest BCUT2D eigenvalue weighted by Gasteiger charge is -2.21. The van der Waals surface area contributed by atoms with Gasteiger partial charge in [0, 0.05) is 25.7 Å². The third-order valence-electron chi connectivity index (χ3n) is 17.8. The fraction of sp³-hybridized carbons (Fsp3) is 0.692. The van der Waals surface area contributed by atoms with E-state index in [1.165, 1.54) is 57.8 Å². The minimum Gasteiger partial charge on any atom is -0.462 e. The number of aliphatic hydroxyl groups is 1. The highest BCUT2D eigenvalue weighted by Gasteiger charge is 2.30. The molecule has 630 valence electrons. The lowest BCUT2D eigenvalue weighted by atomic mass is 10.1. The topological polar surface area (TPSA) is 237 Å². The fourth-order valence-corrected chi connectivity index (χ4v) is 12.8. The second kappa shape index (κ2) is 81.9. The van der Waals surface area contributed by atoms with Crippen LogP contribution in [0.2, 0.25) is 0 Å². The number of phosphoric acid groups is 2. The molecule has 0 spiro atoms. The van der Waals surface area contributed by atoms with Gasteiger partial charge in [-0.15, -0.1) is 0 Å². The zero-order valence-corrected chi connectivity index (χ0v) is 70.9. The zero-order chi connectivity index (χ0) is 80.3. The van der Waals surface area contributed by atoms with Gasteiger partial charge in [0.15, 0.2) is 12.2 Å². The van der Waals surface area contributed by atoms with E-state index in [2.05, 4.69) is 174 Å². The lowest BCUT2D eigenvalue weighted by molar-refractivity contribution is -0.161. The molecule has 0 saturated carbocycles. The van der Waals surface area contributed by atoms with E-state index in [4.69, 9.17) is 37.0 Å². The van der Waals surface area contributed by atoms with Gasteiger partial charge in [0.1, 0.15) is 19.3 Å². The smallest absolute Gasteiger partial charge is 0.462 e. The maximum atomic E-state index is 13.1. The molecule has 0 fully saturated rings. The highest BCUT2D eigenvalue weighted by atomic mass is 31.2. The normalized spacial score (nSPS) is 14.5. The first kappa shape index (κ1) is 105. The van der Waals surface area contributed by atoms with E-state index in [0.717, 1.165) is 212 Å². The van der Waals surface area contributed by atoms with Crippen LogP contribution in [0.3, 0.4) is 0 Å². The van der Waals surface area contributed by atoms with Crippen molar-refractivity contribution in [3.63, 3.8) is 0 Å². The van der Waals surface area contributed by atoms with Gasteiger partial charge >= 0.3 is 39.5 Å². The molecule has 5 atom stereocenters. The van der Waals surface area contributed by atoms with E-state index in [1.54, 1.807) is 0 Å². The van der Waals surface area contributed by atoms with E-state index in [9.17, 15) is 43.2 Å². The monoisotopic (exact) mass is 1580 g/mol. The van der Waals surface area contributed by atoms with E-state index in [0.29, 0.717) is 25.7 Å². The first-order valence-electron chi connectivity index (χ1n) is 43.1. The van der Waals surface area contributed by atoms with Crippen LogP contribution >= 0.6 is 15.6 Å². The minimum atomic E-state index is -5.00. The van der Waals surface area contributed by atoms with Crippen LogP contribution in [0.5, 0.6) is 0 Å². The first-order chi connectivity index (χ1) is 53.7. The van der Waals surface area contributed by atoms with E-state index in [1.807, 2.05) is 0 Å². The first-order valence-corrected chi connectivity index (χ1v) is 46.1.